The average Bonchev–Trinajstić information content (AvgIpc) is 2.29. The Morgan fingerprint density at radius 1 is 1.31 bits per heavy atom. The average molecular weight is 222 g/mol. The Hall–Kier alpha value is -1.82. The Morgan fingerprint density at radius 2 is 2.00 bits per heavy atom. The summed E-state index contributed by atoms with van der Waals surface area (Å²) in [5, 5.41) is 3.21. The first-order valence-corrected chi connectivity index (χ1v) is 5.16. The van der Waals surface area contributed by atoms with Crippen molar-refractivity contribution in [2.24, 2.45) is 5.73 Å². The third-order valence-electron chi connectivity index (χ3n) is 2.57. The quantitative estimate of drug-likeness (QED) is 0.591. The summed E-state index contributed by atoms with van der Waals surface area (Å²) >= 11 is 0. The molecule has 6 nitrogen and oxygen atoms in total. The van der Waals surface area contributed by atoms with Crippen LogP contribution in [0.4, 0.5) is 5.82 Å². The van der Waals surface area contributed by atoms with Gasteiger partial charge in [-0.25, -0.2) is 0 Å². The van der Waals surface area contributed by atoms with Crippen LogP contribution in [0.1, 0.15) is 10.4 Å². The van der Waals surface area contributed by atoms with Crippen LogP contribution in [0.5, 0.6) is 0 Å². The standard InChI is InChI=1S/C10H14N4O2/c11-10(16)7-5-8(13-9(15)6-7)14-3-1-12-2-4-14/h5-6,12H,1-4H2,(H2,11,16)(H,13,15). The first-order valence-electron chi connectivity index (χ1n) is 5.16. The summed E-state index contributed by atoms with van der Waals surface area (Å²) in [7, 11) is 0. The largest absolute Gasteiger partial charge is 0.366 e. The van der Waals surface area contributed by atoms with Crippen molar-refractivity contribution in [3.8, 4) is 0 Å². The number of primary amides is 1. The van der Waals surface area contributed by atoms with Crippen molar-refractivity contribution in [3.05, 3.63) is 28.0 Å². The van der Waals surface area contributed by atoms with Gasteiger partial charge >= 0.3 is 0 Å². The molecule has 1 aliphatic heterocycles. The van der Waals surface area contributed by atoms with Crippen LogP contribution in [-0.2, 0) is 0 Å². The van der Waals surface area contributed by atoms with Crippen molar-refractivity contribution in [2.75, 3.05) is 31.1 Å². The highest BCUT2D eigenvalue weighted by atomic mass is 16.1. The summed E-state index contributed by atoms with van der Waals surface area (Å²) in [5.41, 5.74) is 5.10. The topological polar surface area (TPSA) is 91.2 Å². The molecule has 2 heterocycles. The van der Waals surface area contributed by atoms with E-state index in [-0.39, 0.29) is 11.1 Å². The van der Waals surface area contributed by atoms with Crippen LogP contribution in [0.2, 0.25) is 0 Å². The Kier molecular flexibility index (Phi) is 2.91. The van der Waals surface area contributed by atoms with Gasteiger partial charge in [-0.2, -0.15) is 0 Å². The molecule has 1 aromatic heterocycles. The maximum absolute atomic E-state index is 11.4. The molecule has 1 aromatic rings. The molecule has 1 saturated heterocycles. The molecule has 2 rings (SSSR count). The fourth-order valence-electron chi connectivity index (χ4n) is 1.75. The Labute approximate surface area is 92.4 Å². The molecule has 0 aromatic carbocycles. The molecular formula is C10H14N4O2. The molecule has 1 aliphatic rings. The van der Waals surface area contributed by atoms with E-state index in [0.717, 1.165) is 26.2 Å². The minimum Gasteiger partial charge on any atom is -0.366 e. The lowest BCUT2D eigenvalue weighted by molar-refractivity contribution is 0.1000. The maximum atomic E-state index is 11.4. The molecule has 4 N–H and O–H groups in total. The first-order chi connectivity index (χ1) is 7.66. The molecule has 0 atom stereocenters. The number of nitrogens with one attached hydrogen (secondary N) is 2. The number of hydrogen-bond acceptors (Lipinski definition) is 4. The normalized spacial score (nSPS) is 16.1. The van der Waals surface area contributed by atoms with Gasteiger partial charge in [-0.15, -0.1) is 0 Å². The second-order valence-electron chi connectivity index (χ2n) is 3.72. The lowest BCUT2D eigenvalue weighted by Crippen LogP contribution is -2.44. The molecule has 0 unspecified atom stereocenters. The van der Waals surface area contributed by atoms with Crippen LogP contribution in [0.25, 0.3) is 0 Å². The molecule has 0 bridgehead atoms. The summed E-state index contributed by atoms with van der Waals surface area (Å²) < 4.78 is 0. The van der Waals surface area contributed by atoms with E-state index in [1.54, 1.807) is 6.07 Å². The molecule has 1 fully saturated rings. The van der Waals surface area contributed by atoms with Crippen LogP contribution in [0.15, 0.2) is 16.9 Å². The Balaban J connectivity index is 2.32. The number of nitrogens with zero attached hydrogens (tertiary/aromatic N) is 1. The summed E-state index contributed by atoms with van der Waals surface area (Å²) in [6, 6.07) is 2.84. The second-order valence-corrected chi connectivity index (χ2v) is 3.72. The third-order valence-corrected chi connectivity index (χ3v) is 2.57. The number of carbonyl (C=O) groups excluding carboxylic acids is 1. The van der Waals surface area contributed by atoms with E-state index >= 15 is 0 Å². The Bertz CT molecular complexity index is 448. The molecule has 16 heavy (non-hydrogen) atoms. The fraction of sp³-hybridized carbons (Fsp3) is 0.400. The van der Waals surface area contributed by atoms with Crippen LogP contribution in [0, 0.1) is 0 Å². The van der Waals surface area contributed by atoms with Gasteiger partial charge in [0.25, 0.3) is 0 Å². The number of amides is 1. The monoisotopic (exact) mass is 222 g/mol. The number of aromatic nitrogens is 1. The zero-order chi connectivity index (χ0) is 11.5. The highest BCUT2D eigenvalue weighted by Crippen LogP contribution is 2.10. The lowest BCUT2D eigenvalue weighted by atomic mass is 10.2. The van der Waals surface area contributed by atoms with Gasteiger partial charge in [0.05, 0.1) is 0 Å². The first kappa shape index (κ1) is 10.7. The molecular weight excluding hydrogens is 208 g/mol. The van der Waals surface area contributed by atoms with Crippen LogP contribution >= 0.6 is 0 Å². The van der Waals surface area contributed by atoms with Gasteiger partial charge in [-0.05, 0) is 6.07 Å². The van der Waals surface area contributed by atoms with Crippen LogP contribution in [0.3, 0.4) is 0 Å². The molecule has 6 heteroatoms. The highest BCUT2D eigenvalue weighted by Gasteiger charge is 2.13. The smallest absolute Gasteiger partial charge is 0.250 e. The van der Waals surface area contributed by atoms with Crippen LogP contribution in [-0.4, -0.2) is 37.1 Å². The number of piperazine rings is 1. The number of anilines is 1. The van der Waals surface area contributed by atoms with E-state index in [9.17, 15) is 9.59 Å². The zero-order valence-corrected chi connectivity index (χ0v) is 8.82. The molecule has 0 spiro atoms. The lowest BCUT2D eigenvalue weighted by Gasteiger charge is -2.28. The maximum Gasteiger partial charge on any atom is 0.250 e. The van der Waals surface area contributed by atoms with Crippen molar-refractivity contribution >= 4 is 11.7 Å². The fourth-order valence-corrected chi connectivity index (χ4v) is 1.75. The number of hydrogen-bond donors (Lipinski definition) is 3. The molecule has 1 amide bonds. The Morgan fingerprint density at radius 3 is 2.62 bits per heavy atom. The van der Waals surface area contributed by atoms with E-state index in [2.05, 4.69) is 10.3 Å². The number of aromatic amines is 1. The van der Waals surface area contributed by atoms with Gasteiger partial charge in [0, 0.05) is 37.8 Å². The van der Waals surface area contributed by atoms with Gasteiger partial charge in [0.2, 0.25) is 11.5 Å². The van der Waals surface area contributed by atoms with E-state index < -0.39 is 5.91 Å². The van der Waals surface area contributed by atoms with E-state index in [1.165, 1.54) is 6.07 Å². The minimum absolute atomic E-state index is 0.247. The van der Waals surface area contributed by atoms with Gasteiger partial charge in [-0.1, -0.05) is 0 Å². The van der Waals surface area contributed by atoms with Gasteiger partial charge in [0.1, 0.15) is 5.82 Å². The van der Waals surface area contributed by atoms with Gasteiger partial charge in [-0.3, -0.25) is 9.59 Å². The van der Waals surface area contributed by atoms with Crippen molar-refractivity contribution in [1.29, 1.82) is 0 Å². The predicted octanol–water partition coefficient (Wildman–Crippen LogP) is -1.12. The predicted molar refractivity (Wildman–Crippen MR) is 60.7 cm³/mol. The van der Waals surface area contributed by atoms with Crippen molar-refractivity contribution in [3.63, 3.8) is 0 Å². The zero-order valence-electron chi connectivity index (χ0n) is 8.82. The molecule has 0 aliphatic carbocycles. The van der Waals surface area contributed by atoms with E-state index in [0.29, 0.717) is 5.82 Å². The number of rotatable bonds is 2. The van der Waals surface area contributed by atoms with E-state index in [1.807, 2.05) is 4.90 Å². The number of carbonyl (C=O) groups is 1. The van der Waals surface area contributed by atoms with Crippen molar-refractivity contribution in [1.82, 2.24) is 10.3 Å². The van der Waals surface area contributed by atoms with Crippen molar-refractivity contribution in [2.45, 2.75) is 0 Å². The SMILES string of the molecule is NC(=O)c1cc(N2CCNCC2)[nH]c(=O)c1. The number of pyridine rings is 1. The highest BCUT2D eigenvalue weighted by molar-refractivity contribution is 5.93. The van der Waals surface area contributed by atoms with Crippen molar-refractivity contribution < 1.29 is 4.79 Å². The van der Waals surface area contributed by atoms with Gasteiger partial charge < -0.3 is 20.9 Å². The summed E-state index contributed by atoms with van der Waals surface area (Å²) in [6.45, 7) is 3.34. The van der Waals surface area contributed by atoms with Crippen LogP contribution < -0.4 is 21.5 Å². The number of nitrogens with two attached hydrogens (primary N) is 1. The summed E-state index contributed by atoms with van der Waals surface area (Å²) in [4.78, 5) is 27.1. The third kappa shape index (κ3) is 2.22. The summed E-state index contributed by atoms with van der Waals surface area (Å²) in [6.07, 6.45) is 0. The van der Waals surface area contributed by atoms with E-state index in [4.69, 9.17) is 5.73 Å². The molecule has 86 valence electrons. The number of H-pyrrole nitrogens is 1. The summed E-state index contributed by atoms with van der Waals surface area (Å²) in [5.74, 6) is 0.0743. The van der Waals surface area contributed by atoms with Gasteiger partial charge in [0.15, 0.2) is 0 Å². The second kappa shape index (κ2) is 4.36. The molecule has 0 radical (unpaired) electrons. The molecule has 0 saturated carbocycles. The minimum atomic E-state index is -0.581.